The van der Waals surface area contributed by atoms with Crippen LogP contribution in [0.1, 0.15) is 18.1 Å². The van der Waals surface area contributed by atoms with E-state index in [1.807, 2.05) is 19.1 Å². The summed E-state index contributed by atoms with van der Waals surface area (Å²) >= 11 is 0. The molecule has 3 N–H and O–H groups in total. The number of aryl methyl sites for hydroxylation is 1. The van der Waals surface area contributed by atoms with Gasteiger partial charge in [0, 0.05) is 19.1 Å². The molecule has 1 aromatic carbocycles. The lowest BCUT2D eigenvalue weighted by molar-refractivity contribution is 0.174. The summed E-state index contributed by atoms with van der Waals surface area (Å²) in [5.74, 6) is 1.68. The lowest BCUT2D eigenvalue weighted by Gasteiger charge is -2.10. The maximum Gasteiger partial charge on any atom is 0.231 e. The van der Waals surface area contributed by atoms with Gasteiger partial charge in [0.15, 0.2) is 11.5 Å². The Labute approximate surface area is 95.7 Å². The smallest absolute Gasteiger partial charge is 0.231 e. The zero-order valence-electron chi connectivity index (χ0n) is 9.75. The number of fused-ring (bicyclic) bond motifs is 1. The summed E-state index contributed by atoms with van der Waals surface area (Å²) < 4.78 is 10.7. The van der Waals surface area contributed by atoms with Crippen LogP contribution in [0.4, 0.5) is 0 Å². The van der Waals surface area contributed by atoms with Crippen LogP contribution in [0, 0.1) is 6.92 Å². The fourth-order valence-electron chi connectivity index (χ4n) is 1.71. The van der Waals surface area contributed by atoms with Crippen LogP contribution in [-0.4, -0.2) is 19.4 Å². The number of rotatable bonds is 4. The van der Waals surface area contributed by atoms with Gasteiger partial charge in [-0.05, 0) is 37.1 Å². The highest BCUT2D eigenvalue weighted by atomic mass is 16.7. The van der Waals surface area contributed by atoms with Crippen LogP contribution in [-0.2, 0) is 6.54 Å². The Morgan fingerprint density at radius 2 is 2.06 bits per heavy atom. The van der Waals surface area contributed by atoms with E-state index in [4.69, 9.17) is 15.2 Å². The summed E-state index contributed by atoms with van der Waals surface area (Å²) in [6, 6.07) is 4.23. The van der Waals surface area contributed by atoms with Crippen LogP contribution in [0.15, 0.2) is 12.1 Å². The molecule has 0 aromatic heterocycles. The average molecular weight is 222 g/mol. The molecule has 4 heteroatoms. The van der Waals surface area contributed by atoms with Crippen molar-refractivity contribution in [3.63, 3.8) is 0 Å². The summed E-state index contributed by atoms with van der Waals surface area (Å²) in [6.45, 7) is 6.01. The lowest BCUT2D eigenvalue weighted by Crippen LogP contribution is -2.30. The number of hydrogen-bond donors (Lipinski definition) is 2. The van der Waals surface area contributed by atoms with Gasteiger partial charge in [-0.2, -0.15) is 0 Å². The SMILES string of the molecule is Cc1cc2c(cc1CNCC(C)N)OCO2. The molecule has 0 saturated carbocycles. The summed E-state index contributed by atoms with van der Waals surface area (Å²) in [5, 5.41) is 3.31. The van der Waals surface area contributed by atoms with Gasteiger partial charge in [-0.15, -0.1) is 0 Å². The molecule has 1 unspecified atom stereocenters. The van der Waals surface area contributed by atoms with Crippen LogP contribution in [0.5, 0.6) is 11.5 Å². The molecule has 0 spiro atoms. The normalized spacial score (nSPS) is 15.2. The van der Waals surface area contributed by atoms with Crippen molar-refractivity contribution in [1.82, 2.24) is 5.32 Å². The van der Waals surface area contributed by atoms with Crippen molar-refractivity contribution < 1.29 is 9.47 Å². The highest BCUT2D eigenvalue weighted by molar-refractivity contribution is 5.48. The molecule has 0 amide bonds. The van der Waals surface area contributed by atoms with Crippen LogP contribution >= 0.6 is 0 Å². The molecule has 0 fully saturated rings. The molecular formula is C12H18N2O2. The first-order chi connectivity index (χ1) is 7.66. The summed E-state index contributed by atoms with van der Waals surface area (Å²) in [5.41, 5.74) is 8.11. The molecular weight excluding hydrogens is 204 g/mol. The zero-order chi connectivity index (χ0) is 11.5. The molecule has 0 saturated heterocycles. The fourth-order valence-corrected chi connectivity index (χ4v) is 1.71. The van der Waals surface area contributed by atoms with Gasteiger partial charge in [-0.3, -0.25) is 0 Å². The summed E-state index contributed by atoms with van der Waals surface area (Å²) in [4.78, 5) is 0. The van der Waals surface area contributed by atoms with E-state index in [-0.39, 0.29) is 6.04 Å². The van der Waals surface area contributed by atoms with Gasteiger partial charge in [-0.1, -0.05) is 0 Å². The minimum absolute atomic E-state index is 0.175. The quantitative estimate of drug-likeness (QED) is 0.802. The fraction of sp³-hybridized carbons (Fsp3) is 0.500. The second kappa shape index (κ2) is 4.72. The van der Waals surface area contributed by atoms with Gasteiger partial charge in [0.2, 0.25) is 6.79 Å². The average Bonchev–Trinajstić information content (AvgIpc) is 2.64. The largest absolute Gasteiger partial charge is 0.454 e. The topological polar surface area (TPSA) is 56.5 Å². The number of nitrogens with one attached hydrogen (secondary N) is 1. The van der Waals surface area contributed by atoms with E-state index in [9.17, 15) is 0 Å². The predicted molar refractivity (Wildman–Crippen MR) is 62.7 cm³/mol. The Hall–Kier alpha value is -1.26. The van der Waals surface area contributed by atoms with Crippen LogP contribution < -0.4 is 20.5 Å². The molecule has 0 aliphatic carbocycles. The van der Waals surface area contributed by atoms with E-state index in [1.165, 1.54) is 11.1 Å². The maximum atomic E-state index is 5.68. The molecule has 88 valence electrons. The monoisotopic (exact) mass is 222 g/mol. The molecule has 1 heterocycles. The minimum atomic E-state index is 0.175. The molecule has 0 radical (unpaired) electrons. The van der Waals surface area contributed by atoms with Crippen molar-refractivity contribution in [2.24, 2.45) is 5.73 Å². The molecule has 1 aliphatic heterocycles. The van der Waals surface area contributed by atoms with Crippen molar-refractivity contribution in [2.75, 3.05) is 13.3 Å². The number of ether oxygens (including phenoxy) is 2. The first kappa shape index (κ1) is 11.2. The van der Waals surface area contributed by atoms with Gasteiger partial charge in [0.25, 0.3) is 0 Å². The highest BCUT2D eigenvalue weighted by Crippen LogP contribution is 2.34. The molecule has 2 rings (SSSR count). The van der Waals surface area contributed by atoms with Crippen LogP contribution in [0.25, 0.3) is 0 Å². The first-order valence-electron chi connectivity index (χ1n) is 5.52. The van der Waals surface area contributed by atoms with Crippen molar-refractivity contribution in [2.45, 2.75) is 26.4 Å². The van der Waals surface area contributed by atoms with Crippen molar-refractivity contribution >= 4 is 0 Å². The summed E-state index contributed by atoms with van der Waals surface area (Å²) in [6.07, 6.45) is 0. The third kappa shape index (κ3) is 2.46. The van der Waals surface area contributed by atoms with Crippen LogP contribution in [0.3, 0.4) is 0 Å². The Balaban J connectivity index is 2.04. The zero-order valence-corrected chi connectivity index (χ0v) is 9.75. The lowest BCUT2D eigenvalue weighted by atomic mass is 10.1. The van der Waals surface area contributed by atoms with Gasteiger partial charge < -0.3 is 20.5 Å². The van der Waals surface area contributed by atoms with E-state index in [0.29, 0.717) is 6.79 Å². The van der Waals surface area contributed by atoms with E-state index >= 15 is 0 Å². The molecule has 1 atom stereocenters. The van der Waals surface area contributed by atoms with Gasteiger partial charge in [0.05, 0.1) is 0 Å². The standard InChI is InChI=1S/C12H18N2O2/c1-8-3-11-12(16-7-15-11)4-10(8)6-14-5-9(2)13/h3-4,9,14H,5-7,13H2,1-2H3. The number of nitrogens with two attached hydrogens (primary N) is 1. The molecule has 16 heavy (non-hydrogen) atoms. The summed E-state index contributed by atoms with van der Waals surface area (Å²) in [7, 11) is 0. The van der Waals surface area contributed by atoms with E-state index in [1.54, 1.807) is 0 Å². The second-order valence-corrected chi connectivity index (χ2v) is 4.24. The maximum absolute atomic E-state index is 5.68. The molecule has 1 aromatic rings. The van der Waals surface area contributed by atoms with Gasteiger partial charge in [-0.25, -0.2) is 0 Å². The van der Waals surface area contributed by atoms with Crippen molar-refractivity contribution in [3.05, 3.63) is 23.3 Å². The van der Waals surface area contributed by atoms with E-state index in [0.717, 1.165) is 24.6 Å². The van der Waals surface area contributed by atoms with Crippen LogP contribution in [0.2, 0.25) is 0 Å². The van der Waals surface area contributed by atoms with E-state index < -0.39 is 0 Å². The number of benzene rings is 1. The Morgan fingerprint density at radius 1 is 1.38 bits per heavy atom. The van der Waals surface area contributed by atoms with Crippen molar-refractivity contribution in [1.29, 1.82) is 0 Å². The van der Waals surface area contributed by atoms with Crippen molar-refractivity contribution in [3.8, 4) is 11.5 Å². The number of hydrogen-bond acceptors (Lipinski definition) is 4. The first-order valence-corrected chi connectivity index (χ1v) is 5.52. The third-order valence-electron chi connectivity index (χ3n) is 2.61. The second-order valence-electron chi connectivity index (χ2n) is 4.24. The molecule has 0 bridgehead atoms. The Kier molecular flexibility index (Phi) is 3.31. The van der Waals surface area contributed by atoms with Gasteiger partial charge in [0.1, 0.15) is 0 Å². The third-order valence-corrected chi connectivity index (χ3v) is 2.61. The molecule has 1 aliphatic rings. The van der Waals surface area contributed by atoms with E-state index in [2.05, 4.69) is 12.2 Å². The minimum Gasteiger partial charge on any atom is -0.454 e. The highest BCUT2D eigenvalue weighted by Gasteiger charge is 2.15. The van der Waals surface area contributed by atoms with Gasteiger partial charge >= 0.3 is 0 Å². The predicted octanol–water partition coefficient (Wildman–Crippen LogP) is 1.16. The molecule has 4 nitrogen and oxygen atoms in total. The Bertz CT molecular complexity index is 378. The Morgan fingerprint density at radius 3 is 2.75 bits per heavy atom.